The molecule has 0 saturated carbocycles. The van der Waals surface area contributed by atoms with Gasteiger partial charge in [0.15, 0.2) is 5.96 Å². The molecule has 0 radical (unpaired) electrons. The van der Waals surface area contributed by atoms with Crippen LogP contribution in [-0.4, -0.2) is 66.6 Å². The molecule has 9 heteroatoms. The lowest BCUT2D eigenvalue weighted by Gasteiger charge is -2.36. The molecule has 1 aliphatic heterocycles. The number of nitrogens with one attached hydrogen (secondary N) is 1. The minimum Gasteiger partial charge on any atom is -0.375 e. The summed E-state index contributed by atoms with van der Waals surface area (Å²) in [6.07, 6.45) is 0.882. The maximum absolute atomic E-state index is 5.89. The van der Waals surface area contributed by atoms with E-state index >= 15 is 0 Å². The summed E-state index contributed by atoms with van der Waals surface area (Å²) < 4.78 is 10.1. The molecule has 7 nitrogen and oxygen atoms in total. The lowest BCUT2D eigenvalue weighted by atomic mass is 10.2. The number of aromatic nitrogens is 2. The highest BCUT2D eigenvalue weighted by atomic mass is 35.5. The minimum atomic E-state index is 0.581. The Balaban J connectivity index is 1.36. The van der Waals surface area contributed by atoms with Gasteiger partial charge in [-0.15, -0.1) is 0 Å². The normalized spacial score (nSPS) is 15.2. The number of aliphatic imine (C=N–C) groups is 1. The molecule has 1 aliphatic rings. The first-order chi connectivity index (χ1) is 13.7. The summed E-state index contributed by atoms with van der Waals surface area (Å²) in [6.45, 7) is 7.66. The van der Waals surface area contributed by atoms with Gasteiger partial charge in [0.05, 0.1) is 13.2 Å². The van der Waals surface area contributed by atoms with Gasteiger partial charge in [-0.25, -0.2) is 4.98 Å². The van der Waals surface area contributed by atoms with E-state index in [1.54, 1.807) is 0 Å². The number of piperazine rings is 1. The molecule has 0 atom stereocenters. The second-order valence-electron chi connectivity index (χ2n) is 6.47. The third-order valence-corrected chi connectivity index (χ3v) is 5.61. The standard InChI is InChI=1S/C19H27ClN6OS/c1-3-17-23-19(28-24-17)26-11-9-25(10-12-26)18(21-2)22-8-13-27-14-15-4-6-16(20)7-5-15/h4-7H,3,8-14H2,1-2H3,(H,21,22). The van der Waals surface area contributed by atoms with Crippen LogP contribution >= 0.6 is 23.1 Å². The van der Waals surface area contributed by atoms with Crippen molar-refractivity contribution in [1.82, 2.24) is 19.6 Å². The monoisotopic (exact) mass is 422 g/mol. The van der Waals surface area contributed by atoms with E-state index in [1.165, 1.54) is 11.5 Å². The highest BCUT2D eigenvalue weighted by molar-refractivity contribution is 7.09. The number of nitrogens with zero attached hydrogens (tertiary/aromatic N) is 5. The highest BCUT2D eigenvalue weighted by Gasteiger charge is 2.21. The Labute approximate surface area is 175 Å². The maximum atomic E-state index is 5.89. The van der Waals surface area contributed by atoms with Crippen LogP contribution in [0.3, 0.4) is 0 Å². The molecule has 0 amide bonds. The summed E-state index contributed by atoms with van der Waals surface area (Å²) in [5.41, 5.74) is 1.12. The Morgan fingerprint density at radius 1 is 1.25 bits per heavy atom. The van der Waals surface area contributed by atoms with Gasteiger partial charge in [0.2, 0.25) is 5.13 Å². The van der Waals surface area contributed by atoms with E-state index in [0.29, 0.717) is 13.2 Å². The molecule has 2 aromatic rings. The molecule has 0 bridgehead atoms. The minimum absolute atomic E-state index is 0.581. The van der Waals surface area contributed by atoms with E-state index in [1.807, 2.05) is 31.3 Å². The molecule has 2 heterocycles. The van der Waals surface area contributed by atoms with Crippen molar-refractivity contribution in [3.05, 3.63) is 40.7 Å². The molecule has 1 aromatic heterocycles. The first-order valence-corrected chi connectivity index (χ1v) is 10.7. The lowest BCUT2D eigenvalue weighted by molar-refractivity contribution is 0.125. The summed E-state index contributed by atoms with van der Waals surface area (Å²) in [5.74, 6) is 1.85. The Morgan fingerprint density at radius 3 is 2.64 bits per heavy atom. The SMILES string of the molecule is CCc1nsc(N2CCN(C(=NC)NCCOCc3ccc(Cl)cc3)CC2)n1. The number of halogens is 1. The second kappa shape index (κ2) is 10.6. The zero-order chi connectivity index (χ0) is 19.8. The van der Waals surface area contributed by atoms with E-state index in [-0.39, 0.29) is 0 Å². The van der Waals surface area contributed by atoms with Crippen LogP contribution in [-0.2, 0) is 17.8 Å². The third kappa shape index (κ3) is 5.80. The summed E-state index contributed by atoms with van der Waals surface area (Å²) in [5, 5.41) is 5.15. The molecule has 1 aromatic carbocycles. The fourth-order valence-electron chi connectivity index (χ4n) is 2.96. The lowest BCUT2D eigenvalue weighted by Crippen LogP contribution is -2.53. The van der Waals surface area contributed by atoms with E-state index < -0.39 is 0 Å². The molecule has 28 heavy (non-hydrogen) atoms. The van der Waals surface area contributed by atoms with Gasteiger partial charge in [-0.3, -0.25) is 4.99 Å². The van der Waals surface area contributed by atoms with Gasteiger partial charge in [0.1, 0.15) is 5.82 Å². The number of hydrogen-bond donors (Lipinski definition) is 1. The molecule has 1 N–H and O–H groups in total. The van der Waals surface area contributed by atoms with Crippen molar-refractivity contribution < 1.29 is 4.74 Å². The van der Waals surface area contributed by atoms with Crippen LogP contribution in [0.4, 0.5) is 5.13 Å². The van der Waals surface area contributed by atoms with Gasteiger partial charge < -0.3 is 19.9 Å². The van der Waals surface area contributed by atoms with Crippen molar-refractivity contribution in [2.24, 2.45) is 4.99 Å². The molecule has 0 spiro atoms. The van der Waals surface area contributed by atoms with E-state index in [4.69, 9.17) is 16.3 Å². The predicted octanol–water partition coefficient (Wildman–Crippen LogP) is 2.67. The van der Waals surface area contributed by atoms with Crippen LogP contribution in [0.5, 0.6) is 0 Å². The maximum Gasteiger partial charge on any atom is 0.205 e. The Morgan fingerprint density at radius 2 is 2.00 bits per heavy atom. The average Bonchev–Trinajstić information content (AvgIpc) is 3.22. The van der Waals surface area contributed by atoms with Crippen molar-refractivity contribution in [2.45, 2.75) is 20.0 Å². The fraction of sp³-hybridized carbons (Fsp3) is 0.526. The van der Waals surface area contributed by atoms with Gasteiger partial charge in [-0.05, 0) is 17.7 Å². The van der Waals surface area contributed by atoms with Gasteiger partial charge in [0, 0.05) is 62.7 Å². The molecule has 1 saturated heterocycles. The van der Waals surface area contributed by atoms with E-state index in [2.05, 4.69) is 36.4 Å². The van der Waals surface area contributed by atoms with Crippen LogP contribution < -0.4 is 10.2 Å². The van der Waals surface area contributed by atoms with Gasteiger partial charge >= 0.3 is 0 Å². The first-order valence-electron chi connectivity index (χ1n) is 9.55. The topological polar surface area (TPSA) is 65.9 Å². The zero-order valence-electron chi connectivity index (χ0n) is 16.4. The highest BCUT2D eigenvalue weighted by Crippen LogP contribution is 2.19. The predicted molar refractivity (Wildman–Crippen MR) is 116 cm³/mol. The molecular weight excluding hydrogens is 396 g/mol. The first kappa shape index (κ1) is 20.8. The summed E-state index contributed by atoms with van der Waals surface area (Å²) in [7, 11) is 1.82. The van der Waals surface area contributed by atoms with Gasteiger partial charge in [-0.2, -0.15) is 4.37 Å². The number of benzene rings is 1. The van der Waals surface area contributed by atoms with Crippen molar-refractivity contribution >= 4 is 34.2 Å². The largest absolute Gasteiger partial charge is 0.375 e. The summed E-state index contributed by atoms with van der Waals surface area (Å²) >= 11 is 7.38. The number of anilines is 1. The molecule has 0 aliphatic carbocycles. The van der Waals surface area contributed by atoms with Crippen molar-refractivity contribution in [1.29, 1.82) is 0 Å². The van der Waals surface area contributed by atoms with Gasteiger partial charge in [-0.1, -0.05) is 30.7 Å². The molecule has 1 fully saturated rings. The molecular formula is C19H27ClN6OS. The summed E-state index contributed by atoms with van der Waals surface area (Å²) in [6, 6.07) is 7.72. The van der Waals surface area contributed by atoms with Crippen molar-refractivity contribution in [3.63, 3.8) is 0 Å². The van der Waals surface area contributed by atoms with E-state index in [0.717, 1.165) is 66.6 Å². The fourth-order valence-corrected chi connectivity index (χ4v) is 3.89. The quantitative estimate of drug-likeness (QED) is 0.420. The van der Waals surface area contributed by atoms with Crippen LogP contribution in [0.1, 0.15) is 18.3 Å². The number of aryl methyl sites for hydroxylation is 1. The van der Waals surface area contributed by atoms with Crippen LogP contribution in [0.15, 0.2) is 29.3 Å². The van der Waals surface area contributed by atoms with E-state index in [9.17, 15) is 0 Å². The number of hydrogen-bond acceptors (Lipinski definition) is 6. The molecule has 0 unspecified atom stereocenters. The number of rotatable bonds is 7. The smallest absolute Gasteiger partial charge is 0.205 e. The molecule has 3 rings (SSSR count). The Kier molecular flexibility index (Phi) is 7.88. The van der Waals surface area contributed by atoms with Crippen molar-refractivity contribution in [3.8, 4) is 0 Å². The Hall–Kier alpha value is -1.90. The number of ether oxygens (including phenoxy) is 1. The average molecular weight is 423 g/mol. The van der Waals surface area contributed by atoms with Gasteiger partial charge in [0.25, 0.3) is 0 Å². The van der Waals surface area contributed by atoms with Crippen molar-refractivity contribution in [2.75, 3.05) is 51.3 Å². The van der Waals surface area contributed by atoms with Crippen LogP contribution in [0, 0.1) is 0 Å². The van der Waals surface area contributed by atoms with Crippen LogP contribution in [0.2, 0.25) is 5.02 Å². The third-order valence-electron chi connectivity index (χ3n) is 4.55. The number of guanidine groups is 1. The zero-order valence-corrected chi connectivity index (χ0v) is 18.0. The molecule has 152 valence electrons. The van der Waals surface area contributed by atoms with Crippen LogP contribution in [0.25, 0.3) is 0 Å². The second-order valence-corrected chi connectivity index (χ2v) is 7.64. The Bertz CT molecular complexity index is 758. The summed E-state index contributed by atoms with van der Waals surface area (Å²) in [4.78, 5) is 13.6.